The molecule has 1 aliphatic heterocycles. The van der Waals surface area contributed by atoms with Crippen molar-refractivity contribution in [3.8, 4) is 16.8 Å². The monoisotopic (exact) mass is 459 g/mol. The molecule has 0 atom stereocenters. The molecule has 1 aliphatic rings. The molecule has 164 valence electrons. The molecule has 0 fully saturated rings. The van der Waals surface area contributed by atoms with E-state index in [-0.39, 0.29) is 22.9 Å². The number of fused-ring (bicyclic) bond motifs is 1. The summed E-state index contributed by atoms with van der Waals surface area (Å²) in [7, 11) is 0. The quantitative estimate of drug-likeness (QED) is 0.487. The van der Waals surface area contributed by atoms with Crippen LogP contribution < -0.4 is 16.2 Å². The standard InChI is InChI=1S/C24H18ClN5O3/c25-15-3-1-4-17(13-15)30-21-19(20(28-30)22(26)31)10-12-29(24(21)33)16-8-6-14(7-9-16)18-5-2-11-27-23(18)32/h1-9,11,13H,10,12H2,(H2,26,31)(H,27,32). The lowest BCUT2D eigenvalue weighted by Gasteiger charge is -2.28. The summed E-state index contributed by atoms with van der Waals surface area (Å²) in [6.07, 6.45) is 1.99. The first-order chi connectivity index (χ1) is 15.9. The zero-order valence-electron chi connectivity index (χ0n) is 17.3. The summed E-state index contributed by atoms with van der Waals surface area (Å²) in [5.74, 6) is -0.993. The number of pyridine rings is 1. The molecule has 2 amide bonds. The van der Waals surface area contributed by atoms with Crippen LogP contribution >= 0.6 is 11.6 Å². The van der Waals surface area contributed by atoms with Crippen LogP contribution in [0.5, 0.6) is 0 Å². The smallest absolute Gasteiger partial charge is 0.277 e. The molecular weight excluding hydrogens is 442 g/mol. The van der Waals surface area contributed by atoms with Crippen LogP contribution in [0.4, 0.5) is 5.69 Å². The van der Waals surface area contributed by atoms with Crippen molar-refractivity contribution in [3.05, 3.63) is 99.2 Å². The van der Waals surface area contributed by atoms with E-state index in [0.29, 0.717) is 40.5 Å². The lowest BCUT2D eigenvalue weighted by molar-refractivity contribution is 0.0972. The highest BCUT2D eigenvalue weighted by Gasteiger charge is 2.34. The van der Waals surface area contributed by atoms with Gasteiger partial charge >= 0.3 is 0 Å². The Labute approximate surface area is 193 Å². The Bertz CT molecular complexity index is 1460. The topological polar surface area (TPSA) is 114 Å². The zero-order valence-corrected chi connectivity index (χ0v) is 18.0. The lowest BCUT2D eigenvalue weighted by atomic mass is 10.0. The minimum absolute atomic E-state index is 0.0802. The Morgan fingerprint density at radius 2 is 1.82 bits per heavy atom. The summed E-state index contributed by atoms with van der Waals surface area (Å²) in [6.45, 7) is 0.360. The Kier molecular flexibility index (Phi) is 5.07. The first-order valence-electron chi connectivity index (χ1n) is 10.2. The van der Waals surface area contributed by atoms with Crippen LogP contribution in [0, 0.1) is 0 Å². The van der Waals surface area contributed by atoms with Gasteiger partial charge in [-0.1, -0.05) is 29.8 Å². The first kappa shape index (κ1) is 20.7. The predicted octanol–water partition coefficient (Wildman–Crippen LogP) is 3.18. The molecule has 0 radical (unpaired) electrons. The predicted molar refractivity (Wildman–Crippen MR) is 125 cm³/mol. The molecule has 0 saturated heterocycles. The van der Waals surface area contributed by atoms with E-state index in [1.54, 1.807) is 71.8 Å². The van der Waals surface area contributed by atoms with Gasteiger partial charge in [-0.2, -0.15) is 5.10 Å². The van der Waals surface area contributed by atoms with Crippen LogP contribution in [0.1, 0.15) is 26.5 Å². The molecule has 4 aromatic rings. The first-order valence-corrected chi connectivity index (χ1v) is 10.6. The molecule has 0 aliphatic carbocycles. The Morgan fingerprint density at radius 1 is 1.03 bits per heavy atom. The molecule has 2 aromatic carbocycles. The van der Waals surface area contributed by atoms with Crippen molar-refractivity contribution in [2.24, 2.45) is 5.73 Å². The molecule has 9 heteroatoms. The van der Waals surface area contributed by atoms with Gasteiger partial charge in [-0.3, -0.25) is 14.4 Å². The van der Waals surface area contributed by atoms with Gasteiger partial charge in [0.2, 0.25) is 0 Å². The molecule has 0 spiro atoms. The van der Waals surface area contributed by atoms with Crippen molar-refractivity contribution >= 4 is 29.1 Å². The second kappa shape index (κ2) is 8.07. The molecule has 3 heterocycles. The number of rotatable bonds is 4. The fraction of sp³-hybridized carbons (Fsp3) is 0.0833. The van der Waals surface area contributed by atoms with E-state index in [1.165, 1.54) is 4.68 Å². The van der Waals surface area contributed by atoms with Crippen LogP contribution in [0.2, 0.25) is 5.02 Å². The van der Waals surface area contributed by atoms with Crippen molar-refractivity contribution in [2.45, 2.75) is 6.42 Å². The summed E-state index contributed by atoms with van der Waals surface area (Å²) >= 11 is 6.13. The van der Waals surface area contributed by atoms with Gasteiger partial charge in [-0.25, -0.2) is 4.68 Å². The Morgan fingerprint density at radius 3 is 2.52 bits per heavy atom. The highest BCUT2D eigenvalue weighted by Crippen LogP contribution is 2.30. The summed E-state index contributed by atoms with van der Waals surface area (Å²) < 4.78 is 1.42. The average molecular weight is 460 g/mol. The van der Waals surface area contributed by atoms with Gasteiger partial charge in [0.05, 0.1) is 5.69 Å². The number of H-pyrrole nitrogens is 1. The highest BCUT2D eigenvalue weighted by molar-refractivity contribution is 6.30. The van der Waals surface area contributed by atoms with Gasteiger partial charge in [-0.05, 0) is 54.4 Å². The molecule has 8 nitrogen and oxygen atoms in total. The van der Waals surface area contributed by atoms with Crippen molar-refractivity contribution in [1.82, 2.24) is 14.8 Å². The average Bonchev–Trinajstić information content (AvgIpc) is 3.21. The number of benzene rings is 2. The number of nitrogens with one attached hydrogen (secondary N) is 1. The van der Waals surface area contributed by atoms with E-state index < -0.39 is 5.91 Å². The van der Waals surface area contributed by atoms with Gasteiger partial charge < -0.3 is 15.6 Å². The number of aromatic nitrogens is 3. The van der Waals surface area contributed by atoms with Crippen LogP contribution in [-0.4, -0.2) is 33.1 Å². The van der Waals surface area contributed by atoms with E-state index in [9.17, 15) is 14.4 Å². The molecule has 3 N–H and O–H groups in total. The number of nitrogens with two attached hydrogens (primary N) is 1. The van der Waals surface area contributed by atoms with Gasteiger partial charge in [-0.15, -0.1) is 0 Å². The Balaban J connectivity index is 1.55. The fourth-order valence-electron chi connectivity index (χ4n) is 4.07. The third-order valence-corrected chi connectivity index (χ3v) is 5.85. The zero-order chi connectivity index (χ0) is 23.1. The van der Waals surface area contributed by atoms with Crippen LogP contribution in [0.25, 0.3) is 16.8 Å². The number of carbonyl (C=O) groups is 2. The van der Waals surface area contributed by atoms with Crippen molar-refractivity contribution in [3.63, 3.8) is 0 Å². The normalized spacial score (nSPS) is 13.1. The molecule has 33 heavy (non-hydrogen) atoms. The van der Waals surface area contributed by atoms with Gasteiger partial charge in [0, 0.05) is 34.6 Å². The highest BCUT2D eigenvalue weighted by atomic mass is 35.5. The van der Waals surface area contributed by atoms with Gasteiger partial charge in [0.1, 0.15) is 5.69 Å². The van der Waals surface area contributed by atoms with Crippen molar-refractivity contribution < 1.29 is 9.59 Å². The summed E-state index contributed by atoms with van der Waals surface area (Å²) in [5, 5.41) is 4.82. The number of amides is 2. The van der Waals surface area contributed by atoms with E-state index >= 15 is 0 Å². The van der Waals surface area contributed by atoms with Gasteiger partial charge in [0.25, 0.3) is 17.4 Å². The van der Waals surface area contributed by atoms with Crippen LogP contribution in [0.15, 0.2) is 71.7 Å². The minimum atomic E-state index is -0.689. The molecular formula is C24H18ClN5O3. The number of nitrogens with zero attached hydrogens (tertiary/aromatic N) is 3. The molecule has 0 saturated carbocycles. The number of aromatic amines is 1. The van der Waals surface area contributed by atoms with Crippen LogP contribution in [-0.2, 0) is 6.42 Å². The number of hydrogen-bond donors (Lipinski definition) is 2. The SMILES string of the molecule is NC(=O)c1nn(-c2cccc(Cl)c2)c2c1CCN(c1ccc(-c3ccc[nH]c3=O)cc1)C2=O. The van der Waals surface area contributed by atoms with E-state index in [2.05, 4.69) is 10.1 Å². The summed E-state index contributed by atoms with van der Waals surface area (Å²) in [6, 6.07) is 17.5. The third kappa shape index (κ3) is 3.60. The van der Waals surface area contributed by atoms with E-state index in [0.717, 1.165) is 5.56 Å². The maximum absolute atomic E-state index is 13.6. The molecule has 0 bridgehead atoms. The van der Waals surface area contributed by atoms with E-state index in [1.807, 2.05) is 0 Å². The third-order valence-electron chi connectivity index (χ3n) is 5.61. The fourth-order valence-corrected chi connectivity index (χ4v) is 4.25. The maximum Gasteiger partial charge on any atom is 0.277 e. The van der Waals surface area contributed by atoms with Crippen molar-refractivity contribution in [1.29, 1.82) is 0 Å². The van der Waals surface area contributed by atoms with Crippen LogP contribution in [0.3, 0.4) is 0 Å². The summed E-state index contributed by atoms with van der Waals surface area (Å²) in [5.41, 5.74) is 8.74. The summed E-state index contributed by atoms with van der Waals surface area (Å²) in [4.78, 5) is 41.9. The number of halogens is 1. The Hall–Kier alpha value is -4.17. The molecule has 2 aromatic heterocycles. The second-order valence-corrected chi connectivity index (χ2v) is 8.03. The van der Waals surface area contributed by atoms with Crippen molar-refractivity contribution in [2.75, 3.05) is 11.4 Å². The number of carbonyl (C=O) groups excluding carboxylic acids is 2. The number of hydrogen-bond acceptors (Lipinski definition) is 4. The number of anilines is 1. The van der Waals surface area contributed by atoms with E-state index in [4.69, 9.17) is 17.3 Å². The molecule has 5 rings (SSSR count). The van der Waals surface area contributed by atoms with Gasteiger partial charge in [0.15, 0.2) is 5.69 Å². The minimum Gasteiger partial charge on any atom is -0.364 e. The maximum atomic E-state index is 13.6. The largest absolute Gasteiger partial charge is 0.364 e. The molecule has 0 unspecified atom stereocenters. The number of primary amides is 1. The lowest BCUT2D eigenvalue weighted by Crippen LogP contribution is -2.39. The second-order valence-electron chi connectivity index (χ2n) is 7.60.